The Morgan fingerprint density at radius 3 is 2.45 bits per heavy atom. The smallest absolute Gasteiger partial charge is 0.358 e. The number of aryl methyl sites for hydroxylation is 2. The van der Waals surface area contributed by atoms with Crippen molar-refractivity contribution in [2.24, 2.45) is 0 Å². The summed E-state index contributed by atoms with van der Waals surface area (Å²) in [5.41, 5.74) is 3.93. The zero-order chi connectivity index (χ0) is 20.8. The quantitative estimate of drug-likeness (QED) is 0.559. The molecule has 1 atom stereocenters. The molecule has 0 aliphatic rings. The van der Waals surface area contributed by atoms with Gasteiger partial charge in [-0.25, -0.2) is 9.78 Å². The number of benzene rings is 2. The van der Waals surface area contributed by atoms with Crippen LogP contribution < -0.4 is 10.6 Å². The number of aromatic nitrogens is 1. The van der Waals surface area contributed by atoms with Gasteiger partial charge < -0.3 is 15.4 Å². The highest BCUT2D eigenvalue weighted by Crippen LogP contribution is 2.21. The van der Waals surface area contributed by atoms with Crippen LogP contribution in [0.5, 0.6) is 0 Å². The molecule has 3 rings (SSSR count). The van der Waals surface area contributed by atoms with Gasteiger partial charge >= 0.3 is 5.97 Å². The van der Waals surface area contributed by atoms with Gasteiger partial charge in [0.15, 0.2) is 16.9 Å². The number of thiazole rings is 1. The molecule has 1 amide bonds. The summed E-state index contributed by atoms with van der Waals surface area (Å²) in [4.78, 5) is 29.0. The molecule has 0 unspecified atom stereocenters. The Labute approximate surface area is 173 Å². The van der Waals surface area contributed by atoms with Crippen molar-refractivity contribution in [3.8, 4) is 0 Å². The molecular weight excluding hydrogens is 386 g/mol. The summed E-state index contributed by atoms with van der Waals surface area (Å²) in [6.07, 6.45) is -0.941. The van der Waals surface area contributed by atoms with Crippen LogP contribution in [0.2, 0.25) is 0 Å². The van der Waals surface area contributed by atoms with E-state index in [4.69, 9.17) is 4.74 Å². The van der Waals surface area contributed by atoms with E-state index in [1.54, 1.807) is 12.3 Å². The maximum Gasteiger partial charge on any atom is 0.358 e. The number of carbonyl (C=O) groups is 2. The molecule has 2 N–H and O–H groups in total. The molecule has 2 aromatic carbocycles. The Bertz CT molecular complexity index is 981. The third kappa shape index (κ3) is 5.42. The van der Waals surface area contributed by atoms with E-state index in [-0.39, 0.29) is 11.6 Å². The van der Waals surface area contributed by atoms with Crippen LogP contribution in [0.4, 0.5) is 10.8 Å². The van der Waals surface area contributed by atoms with Crippen LogP contribution in [0.1, 0.15) is 34.1 Å². The van der Waals surface area contributed by atoms with Crippen LogP contribution in [-0.4, -0.2) is 23.0 Å². The van der Waals surface area contributed by atoms with Crippen LogP contribution >= 0.6 is 11.3 Å². The van der Waals surface area contributed by atoms with Gasteiger partial charge in [0.05, 0.1) is 0 Å². The van der Waals surface area contributed by atoms with Crippen molar-refractivity contribution in [1.82, 2.24) is 4.98 Å². The van der Waals surface area contributed by atoms with E-state index in [0.717, 1.165) is 22.4 Å². The average Bonchev–Trinajstić information content (AvgIpc) is 3.19. The van der Waals surface area contributed by atoms with Gasteiger partial charge in [-0.3, -0.25) is 4.79 Å². The lowest BCUT2D eigenvalue weighted by Crippen LogP contribution is -2.30. The van der Waals surface area contributed by atoms with Crippen molar-refractivity contribution in [2.45, 2.75) is 33.4 Å². The summed E-state index contributed by atoms with van der Waals surface area (Å²) < 4.78 is 5.29. The van der Waals surface area contributed by atoms with E-state index in [1.807, 2.05) is 62.4 Å². The summed E-state index contributed by atoms with van der Waals surface area (Å²) in [5.74, 6) is -1.01. The lowest BCUT2D eigenvalue weighted by Gasteiger charge is -2.15. The highest BCUT2D eigenvalue weighted by molar-refractivity contribution is 7.13. The summed E-state index contributed by atoms with van der Waals surface area (Å²) >= 11 is 1.32. The predicted octanol–water partition coefficient (Wildman–Crippen LogP) is 4.56. The number of amides is 1. The number of ether oxygens (including phenoxy) is 1. The highest BCUT2D eigenvalue weighted by Gasteiger charge is 2.21. The average molecular weight is 410 g/mol. The number of hydrogen-bond donors (Lipinski definition) is 2. The predicted molar refractivity (Wildman–Crippen MR) is 115 cm³/mol. The Morgan fingerprint density at radius 1 is 1.07 bits per heavy atom. The van der Waals surface area contributed by atoms with Gasteiger partial charge in [0.25, 0.3) is 5.91 Å². The number of carbonyl (C=O) groups excluding carboxylic acids is 2. The number of para-hydroxylation sites is 1. The highest BCUT2D eigenvalue weighted by atomic mass is 32.1. The number of nitrogens with one attached hydrogen (secondary N) is 2. The van der Waals surface area contributed by atoms with E-state index in [1.165, 1.54) is 11.3 Å². The molecule has 3 aromatic rings. The fraction of sp³-hybridized carbons (Fsp3) is 0.227. The molecule has 0 bridgehead atoms. The van der Waals surface area contributed by atoms with E-state index in [2.05, 4.69) is 15.6 Å². The Morgan fingerprint density at radius 2 is 1.76 bits per heavy atom. The first-order valence-electron chi connectivity index (χ1n) is 9.25. The molecule has 0 aliphatic carbocycles. The van der Waals surface area contributed by atoms with E-state index in [9.17, 15) is 9.59 Å². The molecule has 0 radical (unpaired) electrons. The largest absolute Gasteiger partial charge is 0.448 e. The Balaban J connectivity index is 1.55. The molecule has 7 heteroatoms. The summed E-state index contributed by atoms with van der Waals surface area (Å²) in [6, 6.07) is 15.7. The van der Waals surface area contributed by atoms with Crippen LogP contribution in [0.25, 0.3) is 0 Å². The first-order chi connectivity index (χ1) is 13.9. The molecule has 150 valence electrons. The van der Waals surface area contributed by atoms with Gasteiger partial charge in [-0.2, -0.15) is 0 Å². The minimum atomic E-state index is -0.941. The van der Waals surface area contributed by atoms with E-state index >= 15 is 0 Å². The molecular formula is C22H23N3O3S. The maximum absolute atomic E-state index is 12.4. The van der Waals surface area contributed by atoms with Gasteiger partial charge in [-0.05, 0) is 37.5 Å². The molecule has 0 saturated heterocycles. The number of esters is 1. The molecule has 0 aliphatic heterocycles. The van der Waals surface area contributed by atoms with E-state index in [0.29, 0.717) is 11.7 Å². The van der Waals surface area contributed by atoms with E-state index < -0.39 is 12.1 Å². The minimum Gasteiger partial charge on any atom is -0.448 e. The summed E-state index contributed by atoms with van der Waals surface area (Å²) in [6.45, 7) is 5.98. The zero-order valence-electron chi connectivity index (χ0n) is 16.6. The lowest BCUT2D eigenvalue weighted by molar-refractivity contribution is -0.123. The van der Waals surface area contributed by atoms with Crippen LogP contribution in [-0.2, 0) is 16.1 Å². The molecule has 1 heterocycles. The van der Waals surface area contributed by atoms with Crippen LogP contribution in [0.15, 0.2) is 53.9 Å². The number of nitrogens with zero attached hydrogens (tertiary/aromatic N) is 1. The van der Waals surface area contributed by atoms with Gasteiger partial charge in [-0.15, -0.1) is 11.3 Å². The second-order valence-electron chi connectivity index (χ2n) is 6.68. The number of anilines is 2. The fourth-order valence-electron chi connectivity index (χ4n) is 2.73. The van der Waals surface area contributed by atoms with Crippen molar-refractivity contribution < 1.29 is 14.3 Å². The summed E-state index contributed by atoms with van der Waals surface area (Å²) in [7, 11) is 0. The minimum absolute atomic E-state index is 0.178. The molecule has 0 spiro atoms. The van der Waals surface area contributed by atoms with Gasteiger partial charge in [0, 0.05) is 17.6 Å². The van der Waals surface area contributed by atoms with Gasteiger partial charge in [-0.1, -0.05) is 48.5 Å². The van der Waals surface area contributed by atoms with Gasteiger partial charge in [0.2, 0.25) is 0 Å². The second-order valence-corrected chi connectivity index (χ2v) is 7.54. The van der Waals surface area contributed by atoms with Crippen molar-refractivity contribution in [3.05, 3.63) is 76.3 Å². The van der Waals surface area contributed by atoms with Crippen molar-refractivity contribution in [3.63, 3.8) is 0 Å². The third-order valence-electron chi connectivity index (χ3n) is 4.38. The molecule has 0 saturated carbocycles. The molecule has 0 fully saturated rings. The van der Waals surface area contributed by atoms with Gasteiger partial charge in [0.1, 0.15) is 0 Å². The SMILES string of the molecule is Cc1cccc(C)c1NC(=O)[C@@H](C)OC(=O)c1csc(NCc2ccccc2)n1. The first-order valence-corrected chi connectivity index (χ1v) is 10.1. The molecule has 29 heavy (non-hydrogen) atoms. The molecule has 6 nitrogen and oxygen atoms in total. The van der Waals surface area contributed by atoms with Crippen molar-refractivity contribution in [2.75, 3.05) is 10.6 Å². The maximum atomic E-state index is 12.4. The van der Waals surface area contributed by atoms with Crippen LogP contribution in [0.3, 0.4) is 0 Å². The number of hydrogen-bond acceptors (Lipinski definition) is 6. The Hall–Kier alpha value is -3.19. The second kappa shape index (κ2) is 9.34. The molecule has 1 aromatic heterocycles. The number of rotatable bonds is 7. The topological polar surface area (TPSA) is 80.3 Å². The standard InChI is InChI=1S/C22H23N3O3S/c1-14-8-7-9-15(2)19(14)25-20(26)16(3)28-21(27)18-13-29-22(24-18)23-12-17-10-5-4-6-11-17/h4-11,13,16H,12H2,1-3H3,(H,23,24)(H,25,26)/t16-/m1/s1. The Kier molecular flexibility index (Phi) is 6.61. The van der Waals surface area contributed by atoms with Crippen molar-refractivity contribution in [1.29, 1.82) is 0 Å². The summed E-state index contributed by atoms with van der Waals surface area (Å²) in [5, 5.41) is 8.25. The lowest BCUT2D eigenvalue weighted by atomic mass is 10.1. The van der Waals surface area contributed by atoms with Crippen molar-refractivity contribution >= 4 is 34.0 Å². The monoisotopic (exact) mass is 409 g/mol. The van der Waals surface area contributed by atoms with Crippen LogP contribution in [0, 0.1) is 13.8 Å². The normalized spacial score (nSPS) is 11.6. The fourth-order valence-corrected chi connectivity index (χ4v) is 3.41. The third-order valence-corrected chi connectivity index (χ3v) is 5.18. The first kappa shape index (κ1) is 20.5. The zero-order valence-corrected chi connectivity index (χ0v) is 17.4.